The zero-order valence-corrected chi connectivity index (χ0v) is 10.9. The van der Waals surface area contributed by atoms with E-state index in [-0.39, 0.29) is 0 Å². The van der Waals surface area contributed by atoms with Crippen LogP contribution in [0.2, 0.25) is 8.67 Å². The number of nitrogen functional groups attached to an aromatic ring is 1. The number of hydrogen-bond acceptors (Lipinski definition) is 3. The predicted octanol–water partition coefficient (Wildman–Crippen LogP) is 3.95. The van der Waals surface area contributed by atoms with Crippen LogP contribution in [0.25, 0.3) is 16.9 Å². The van der Waals surface area contributed by atoms with Gasteiger partial charge in [0, 0.05) is 23.6 Å². The van der Waals surface area contributed by atoms with Crippen LogP contribution in [0, 0.1) is 0 Å². The Hall–Kier alpha value is -1.23. The van der Waals surface area contributed by atoms with E-state index in [1.54, 1.807) is 0 Å². The first kappa shape index (κ1) is 10.9. The molecule has 0 atom stereocenters. The van der Waals surface area contributed by atoms with Gasteiger partial charge in [0.15, 0.2) is 0 Å². The van der Waals surface area contributed by atoms with Crippen molar-refractivity contribution in [3.63, 3.8) is 0 Å². The van der Waals surface area contributed by atoms with E-state index in [2.05, 4.69) is 4.98 Å². The summed E-state index contributed by atoms with van der Waals surface area (Å²) >= 11 is 13.4. The van der Waals surface area contributed by atoms with Crippen LogP contribution in [0.3, 0.4) is 0 Å². The normalized spacial score (nSPS) is 11.2. The molecule has 0 saturated heterocycles. The molecule has 6 heteroatoms. The third-order valence-electron chi connectivity index (χ3n) is 2.41. The fraction of sp³-hybridized carbons (Fsp3) is 0. The van der Waals surface area contributed by atoms with Crippen LogP contribution in [0.15, 0.2) is 30.6 Å². The lowest BCUT2D eigenvalue weighted by molar-refractivity contribution is 1.19. The summed E-state index contributed by atoms with van der Waals surface area (Å²) in [6.45, 7) is 0. The van der Waals surface area contributed by atoms with Gasteiger partial charge in [-0.1, -0.05) is 23.2 Å². The molecule has 2 N–H and O–H groups in total. The van der Waals surface area contributed by atoms with Gasteiger partial charge in [0.1, 0.15) is 9.98 Å². The van der Waals surface area contributed by atoms with Crippen molar-refractivity contribution in [1.82, 2.24) is 9.38 Å². The standard InChI is InChI=1S/C11H7Cl2N3S/c12-9-3-7(11(13)17-9)8-5-16-4-6(14)1-2-10(16)15-8/h1-5H,14H2. The van der Waals surface area contributed by atoms with Gasteiger partial charge in [-0.05, 0) is 18.2 Å². The van der Waals surface area contributed by atoms with E-state index < -0.39 is 0 Å². The average molecular weight is 284 g/mol. The lowest BCUT2D eigenvalue weighted by atomic mass is 10.3. The van der Waals surface area contributed by atoms with E-state index in [0.29, 0.717) is 14.4 Å². The number of fused-ring (bicyclic) bond motifs is 1. The Morgan fingerprint density at radius 3 is 2.76 bits per heavy atom. The third-order valence-corrected chi connectivity index (χ3v) is 3.89. The minimum Gasteiger partial charge on any atom is -0.398 e. The number of imidazole rings is 1. The molecule has 0 bridgehead atoms. The largest absolute Gasteiger partial charge is 0.398 e. The molecule has 3 aromatic rings. The number of hydrogen-bond donors (Lipinski definition) is 1. The van der Waals surface area contributed by atoms with Crippen LogP contribution in [0.5, 0.6) is 0 Å². The Morgan fingerprint density at radius 1 is 1.24 bits per heavy atom. The van der Waals surface area contributed by atoms with E-state index in [4.69, 9.17) is 28.9 Å². The lowest BCUT2D eigenvalue weighted by Gasteiger charge is -1.93. The molecule has 3 aromatic heterocycles. The van der Waals surface area contributed by atoms with Crippen LogP contribution in [-0.2, 0) is 0 Å². The van der Waals surface area contributed by atoms with Gasteiger partial charge in [-0.15, -0.1) is 11.3 Å². The summed E-state index contributed by atoms with van der Waals surface area (Å²) in [7, 11) is 0. The van der Waals surface area contributed by atoms with Crippen molar-refractivity contribution in [2.45, 2.75) is 0 Å². The van der Waals surface area contributed by atoms with Gasteiger partial charge in [0.2, 0.25) is 0 Å². The summed E-state index contributed by atoms with van der Waals surface area (Å²) in [6.07, 6.45) is 3.70. The minimum atomic E-state index is 0.645. The van der Waals surface area contributed by atoms with Crippen molar-refractivity contribution >= 4 is 45.9 Å². The molecule has 0 fully saturated rings. The summed E-state index contributed by atoms with van der Waals surface area (Å²) in [4.78, 5) is 4.47. The zero-order valence-electron chi connectivity index (χ0n) is 8.52. The number of nitrogens with two attached hydrogens (primary N) is 1. The van der Waals surface area contributed by atoms with Crippen molar-refractivity contribution in [3.05, 3.63) is 39.3 Å². The minimum absolute atomic E-state index is 0.645. The second-order valence-corrected chi connectivity index (χ2v) is 5.88. The Kier molecular flexibility index (Phi) is 2.50. The second kappa shape index (κ2) is 3.91. The van der Waals surface area contributed by atoms with Gasteiger partial charge < -0.3 is 10.1 Å². The number of halogens is 2. The highest BCUT2D eigenvalue weighted by atomic mass is 35.5. The molecular formula is C11H7Cl2N3S. The summed E-state index contributed by atoms with van der Waals surface area (Å²) in [5.41, 5.74) is 8.88. The summed E-state index contributed by atoms with van der Waals surface area (Å²) in [5.74, 6) is 0. The Balaban J connectivity index is 2.21. The number of aromatic nitrogens is 2. The van der Waals surface area contributed by atoms with Crippen LogP contribution < -0.4 is 5.73 Å². The maximum Gasteiger partial charge on any atom is 0.137 e. The number of nitrogens with zero attached hydrogens (tertiary/aromatic N) is 2. The fourth-order valence-electron chi connectivity index (χ4n) is 1.65. The van der Waals surface area contributed by atoms with Crippen molar-refractivity contribution < 1.29 is 0 Å². The molecule has 0 aliphatic carbocycles. The van der Waals surface area contributed by atoms with Gasteiger partial charge in [0.25, 0.3) is 0 Å². The summed E-state index contributed by atoms with van der Waals surface area (Å²) < 4.78 is 3.17. The fourth-order valence-corrected chi connectivity index (χ4v) is 3.13. The third kappa shape index (κ3) is 1.88. The van der Waals surface area contributed by atoms with Gasteiger partial charge in [-0.2, -0.15) is 0 Å². The molecule has 3 rings (SSSR count). The van der Waals surface area contributed by atoms with Crippen LogP contribution in [0.4, 0.5) is 5.69 Å². The monoisotopic (exact) mass is 283 g/mol. The smallest absolute Gasteiger partial charge is 0.137 e. The maximum absolute atomic E-state index is 6.10. The van der Waals surface area contributed by atoms with Crippen molar-refractivity contribution in [3.8, 4) is 11.3 Å². The Bertz CT molecular complexity index is 702. The summed E-state index contributed by atoms with van der Waals surface area (Å²) in [5, 5.41) is 0. The molecule has 0 saturated carbocycles. The first-order chi connectivity index (χ1) is 8.13. The molecular weight excluding hydrogens is 277 g/mol. The average Bonchev–Trinajstić information content (AvgIpc) is 2.80. The van der Waals surface area contributed by atoms with E-state index in [9.17, 15) is 0 Å². The van der Waals surface area contributed by atoms with Crippen LogP contribution in [0.1, 0.15) is 0 Å². The number of anilines is 1. The number of pyridine rings is 1. The SMILES string of the molecule is Nc1ccc2nc(-c3cc(Cl)sc3Cl)cn2c1. The molecule has 0 aromatic carbocycles. The van der Waals surface area contributed by atoms with Crippen LogP contribution in [-0.4, -0.2) is 9.38 Å². The highest BCUT2D eigenvalue weighted by molar-refractivity contribution is 7.20. The summed E-state index contributed by atoms with van der Waals surface area (Å²) in [6, 6.07) is 5.49. The first-order valence-corrected chi connectivity index (χ1v) is 6.40. The molecule has 0 amide bonds. The van der Waals surface area contributed by atoms with E-state index in [1.165, 1.54) is 11.3 Å². The molecule has 0 spiro atoms. The van der Waals surface area contributed by atoms with E-state index >= 15 is 0 Å². The topological polar surface area (TPSA) is 43.3 Å². The predicted molar refractivity (Wildman–Crippen MR) is 72.9 cm³/mol. The number of thiophene rings is 1. The van der Waals surface area contributed by atoms with Crippen molar-refractivity contribution in [2.75, 3.05) is 5.73 Å². The Morgan fingerprint density at radius 2 is 2.06 bits per heavy atom. The van der Waals surface area contributed by atoms with Gasteiger partial charge in [0.05, 0.1) is 10.0 Å². The zero-order chi connectivity index (χ0) is 12.0. The maximum atomic E-state index is 6.10. The molecule has 0 aliphatic heterocycles. The molecule has 0 aliphatic rings. The lowest BCUT2D eigenvalue weighted by Crippen LogP contribution is -1.88. The molecule has 3 heterocycles. The Labute approximate surface area is 111 Å². The second-order valence-electron chi connectivity index (χ2n) is 3.59. The van der Waals surface area contributed by atoms with E-state index in [0.717, 1.165) is 16.9 Å². The van der Waals surface area contributed by atoms with Crippen molar-refractivity contribution in [1.29, 1.82) is 0 Å². The highest BCUT2D eigenvalue weighted by Gasteiger charge is 2.11. The molecule has 3 nitrogen and oxygen atoms in total. The van der Waals surface area contributed by atoms with Gasteiger partial charge >= 0.3 is 0 Å². The molecule has 0 unspecified atom stereocenters. The molecule has 17 heavy (non-hydrogen) atoms. The molecule has 86 valence electrons. The first-order valence-electron chi connectivity index (χ1n) is 4.83. The molecule has 0 radical (unpaired) electrons. The highest BCUT2D eigenvalue weighted by Crippen LogP contribution is 2.37. The van der Waals surface area contributed by atoms with Gasteiger partial charge in [-0.3, -0.25) is 0 Å². The quantitative estimate of drug-likeness (QED) is 0.735. The van der Waals surface area contributed by atoms with Crippen molar-refractivity contribution in [2.24, 2.45) is 0 Å². The number of rotatable bonds is 1. The van der Waals surface area contributed by atoms with Gasteiger partial charge in [-0.25, -0.2) is 4.98 Å². The van der Waals surface area contributed by atoms with Crippen LogP contribution >= 0.6 is 34.5 Å². The van der Waals surface area contributed by atoms with E-state index in [1.807, 2.05) is 35.0 Å².